The lowest BCUT2D eigenvalue weighted by Gasteiger charge is -2.15. The van der Waals surface area contributed by atoms with Crippen LogP contribution in [0, 0.1) is 10.1 Å². The fraction of sp³-hybridized carbons (Fsp3) is 0.143. The van der Waals surface area contributed by atoms with Gasteiger partial charge in [-0.2, -0.15) is 0 Å². The molecule has 3 N–H and O–H groups in total. The van der Waals surface area contributed by atoms with Crippen molar-refractivity contribution in [3.63, 3.8) is 0 Å². The number of amides is 3. The van der Waals surface area contributed by atoms with Gasteiger partial charge >= 0.3 is 0 Å². The number of nitro benzene ring substituents is 1. The van der Waals surface area contributed by atoms with E-state index >= 15 is 0 Å². The van der Waals surface area contributed by atoms with Crippen LogP contribution in [0.5, 0.6) is 5.75 Å². The number of fused-ring (bicyclic) bond motifs is 1. The summed E-state index contributed by atoms with van der Waals surface area (Å²) in [6.45, 7) is 4.37. The number of para-hydroxylation sites is 1. The molecule has 0 bridgehead atoms. The van der Waals surface area contributed by atoms with E-state index in [1.807, 2.05) is 38.1 Å². The lowest BCUT2D eigenvalue weighted by molar-refractivity contribution is -0.385. The quantitative estimate of drug-likeness (QED) is 0.0499. The Bertz CT molecular complexity index is 2000. The predicted molar refractivity (Wildman–Crippen MR) is 189 cm³/mol. The topological polar surface area (TPSA) is 153 Å². The van der Waals surface area contributed by atoms with Crippen LogP contribution in [0.1, 0.15) is 36.2 Å². The maximum absolute atomic E-state index is 13.5. The van der Waals surface area contributed by atoms with Crippen LogP contribution in [-0.4, -0.2) is 39.5 Å². The molecule has 5 aromatic rings. The molecule has 0 fully saturated rings. The molecular weight excluding hydrogens is 651 g/mol. The number of nitrogens with one attached hydrogen (secondary N) is 3. The zero-order valence-corrected chi connectivity index (χ0v) is 27.6. The molecule has 0 spiro atoms. The van der Waals surface area contributed by atoms with Gasteiger partial charge in [0.1, 0.15) is 11.4 Å². The Balaban J connectivity index is 1.32. The number of benzene rings is 4. The number of thioether (sulfide) groups is 1. The Hall–Kier alpha value is -5.53. The lowest BCUT2D eigenvalue weighted by atomic mass is 10.1. The van der Waals surface area contributed by atoms with E-state index in [1.54, 1.807) is 54.6 Å². The number of anilines is 2. The number of thiazole rings is 1. The number of hydrogen-bond acceptors (Lipinski definition) is 9. The number of ether oxygens (including phenoxy) is 1. The first-order chi connectivity index (χ1) is 23.2. The molecule has 0 aliphatic rings. The van der Waals surface area contributed by atoms with Crippen molar-refractivity contribution < 1.29 is 24.0 Å². The first-order valence-electron chi connectivity index (χ1n) is 15.0. The molecule has 1 aromatic heterocycles. The van der Waals surface area contributed by atoms with E-state index in [0.29, 0.717) is 29.4 Å². The SMILES string of the molecule is CCOc1ccc2nc(NC(=O)C(CC)Sc3cccc(NC(=O)/C(=C\c4ccccc4[N+](=O)[O-])NC(=O)c4ccccc4)c3)sc2c1. The van der Waals surface area contributed by atoms with E-state index in [1.165, 1.54) is 47.4 Å². The highest BCUT2D eigenvalue weighted by atomic mass is 32.2. The van der Waals surface area contributed by atoms with Crippen molar-refractivity contribution in [2.45, 2.75) is 30.4 Å². The largest absolute Gasteiger partial charge is 0.494 e. The van der Waals surface area contributed by atoms with Gasteiger partial charge in [0.25, 0.3) is 17.5 Å². The molecule has 48 heavy (non-hydrogen) atoms. The second-order valence-electron chi connectivity index (χ2n) is 10.3. The fourth-order valence-electron chi connectivity index (χ4n) is 4.61. The molecular formula is C35H31N5O6S2. The summed E-state index contributed by atoms with van der Waals surface area (Å²) in [5, 5.41) is 20.0. The molecule has 4 aromatic carbocycles. The smallest absolute Gasteiger partial charge is 0.276 e. The van der Waals surface area contributed by atoms with Crippen molar-refractivity contribution in [3.8, 4) is 5.75 Å². The highest BCUT2D eigenvalue weighted by molar-refractivity contribution is 8.00. The van der Waals surface area contributed by atoms with Gasteiger partial charge in [0.2, 0.25) is 5.91 Å². The molecule has 13 heteroatoms. The van der Waals surface area contributed by atoms with E-state index in [-0.39, 0.29) is 22.9 Å². The third-order valence-electron chi connectivity index (χ3n) is 6.90. The van der Waals surface area contributed by atoms with Crippen LogP contribution < -0.4 is 20.7 Å². The van der Waals surface area contributed by atoms with Gasteiger partial charge in [0.05, 0.1) is 32.6 Å². The fourth-order valence-corrected chi connectivity index (χ4v) is 6.52. The summed E-state index contributed by atoms with van der Waals surface area (Å²) in [5.74, 6) is -0.713. The average Bonchev–Trinajstić information content (AvgIpc) is 3.49. The Morgan fingerprint density at radius 2 is 1.73 bits per heavy atom. The maximum atomic E-state index is 13.5. The van der Waals surface area contributed by atoms with Gasteiger partial charge in [-0.25, -0.2) is 4.98 Å². The van der Waals surface area contributed by atoms with Crippen LogP contribution in [0.4, 0.5) is 16.5 Å². The van der Waals surface area contributed by atoms with E-state index in [0.717, 1.165) is 20.9 Å². The number of nitrogens with zero attached hydrogens (tertiary/aromatic N) is 2. The summed E-state index contributed by atoms with van der Waals surface area (Å²) in [6.07, 6.45) is 1.80. The van der Waals surface area contributed by atoms with Crippen molar-refractivity contribution >= 4 is 73.6 Å². The van der Waals surface area contributed by atoms with Gasteiger partial charge in [-0.1, -0.05) is 54.7 Å². The van der Waals surface area contributed by atoms with Crippen molar-refractivity contribution in [2.24, 2.45) is 0 Å². The van der Waals surface area contributed by atoms with Gasteiger partial charge in [-0.3, -0.25) is 24.5 Å². The summed E-state index contributed by atoms with van der Waals surface area (Å²) in [4.78, 5) is 56.1. The van der Waals surface area contributed by atoms with Gasteiger partial charge in [0.15, 0.2) is 5.13 Å². The molecule has 0 saturated carbocycles. The summed E-state index contributed by atoms with van der Waals surface area (Å²) in [7, 11) is 0. The minimum Gasteiger partial charge on any atom is -0.494 e. The number of carbonyl (C=O) groups is 3. The van der Waals surface area contributed by atoms with Gasteiger partial charge in [0, 0.05) is 22.2 Å². The molecule has 0 aliphatic carbocycles. The maximum Gasteiger partial charge on any atom is 0.276 e. The first-order valence-corrected chi connectivity index (χ1v) is 16.7. The molecule has 5 rings (SSSR count). The number of carbonyl (C=O) groups excluding carboxylic acids is 3. The second kappa shape index (κ2) is 15.8. The summed E-state index contributed by atoms with van der Waals surface area (Å²) < 4.78 is 6.46. The highest BCUT2D eigenvalue weighted by Gasteiger charge is 2.21. The molecule has 1 atom stereocenters. The molecule has 0 aliphatic heterocycles. The third-order valence-corrected chi connectivity index (χ3v) is 9.19. The Morgan fingerprint density at radius 1 is 0.958 bits per heavy atom. The van der Waals surface area contributed by atoms with E-state index in [4.69, 9.17) is 4.74 Å². The molecule has 11 nitrogen and oxygen atoms in total. The standard InChI is InChI=1S/C35H31N5O6S2/c1-3-30(34(43)39-35-38-27-18-17-25(46-4-2)21-31(27)48-35)47-26-15-10-14-24(20-26)36-33(42)28(37-32(41)22-11-6-5-7-12-22)19-23-13-8-9-16-29(23)40(44)45/h5-21,30H,3-4H2,1-2H3,(H,36,42)(H,37,41)(H,38,39,43)/b28-19+. The molecule has 244 valence electrons. The second-order valence-corrected chi connectivity index (χ2v) is 12.6. The summed E-state index contributed by atoms with van der Waals surface area (Å²) in [6, 6.07) is 26.8. The van der Waals surface area contributed by atoms with Gasteiger partial charge < -0.3 is 20.7 Å². The number of nitro groups is 1. The van der Waals surface area contributed by atoms with Crippen LogP contribution in [-0.2, 0) is 9.59 Å². The highest BCUT2D eigenvalue weighted by Crippen LogP contribution is 2.32. The zero-order chi connectivity index (χ0) is 34.0. The van der Waals surface area contributed by atoms with Crippen molar-refractivity contribution in [3.05, 3.63) is 124 Å². The Labute approximate surface area is 284 Å². The van der Waals surface area contributed by atoms with Crippen LogP contribution in [0.2, 0.25) is 0 Å². The number of hydrogen-bond donors (Lipinski definition) is 3. The normalized spacial score (nSPS) is 11.8. The molecule has 3 amide bonds. The van der Waals surface area contributed by atoms with Crippen molar-refractivity contribution in [2.75, 3.05) is 17.2 Å². The third kappa shape index (κ3) is 8.63. The number of rotatable bonds is 13. The Morgan fingerprint density at radius 3 is 2.48 bits per heavy atom. The van der Waals surface area contributed by atoms with Gasteiger partial charge in [-0.15, -0.1) is 11.8 Å². The zero-order valence-electron chi connectivity index (χ0n) is 26.0. The van der Waals surface area contributed by atoms with Gasteiger partial charge in [-0.05, 0) is 74.0 Å². The summed E-state index contributed by atoms with van der Waals surface area (Å²) in [5.41, 5.74) is 1.20. The van der Waals surface area contributed by atoms with E-state index < -0.39 is 22.0 Å². The monoisotopic (exact) mass is 681 g/mol. The molecule has 0 radical (unpaired) electrons. The van der Waals surface area contributed by atoms with Crippen LogP contribution in [0.25, 0.3) is 16.3 Å². The lowest BCUT2D eigenvalue weighted by Crippen LogP contribution is -2.30. The van der Waals surface area contributed by atoms with Crippen LogP contribution >= 0.6 is 23.1 Å². The van der Waals surface area contributed by atoms with E-state index in [9.17, 15) is 24.5 Å². The van der Waals surface area contributed by atoms with E-state index in [2.05, 4.69) is 20.9 Å². The van der Waals surface area contributed by atoms with Crippen LogP contribution in [0.15, 0.2) is 108 Å². The Kier molecular flexibility index (Phi) is 11.2. The van der Waals surface area contributed by atoms with Crippen molar-refractivity contribution in [1.29, 1.82) is 0 Å². The van der Waals surface area contributed by atoms with Crippen LogP contribution in [0.3, 0.4) is 0 Å². The molecule has 0 saturated heterocycles. The minimum absolute atomic E-state index is 0.143. The first kappa shape index (κ1) is 33.8. The van der Waals surface area contributed by atoms with Crippen molar-refractivity contribution in [1.82, 2.24) is 10.3 Å². The average molecular weight is 682 g/mol. The number of aromatic nitrogens is 1. The molecule has 1 unspecified atom stereocenters. The summed E-state index contributed by atoms with van der Waals surface area (Å²) >= 11 is 2.70. The minimum atomic E-state index is -0.687. The predicted octanol–water partition coefficient (Wildman–Crippen LogP) is 7.52. The molecule has 1 heterocycles.